The number of benzene rings is 1. The molecule has 0 spiro atoms. The van der Waals surface area contributed by atoms with Crippen molar-refractivity contribution in [3.63, 3.8) is 0 Å². The first kappa shape index (κ1) is 13.3. The molecule has 88 valence electrons. The van der Waals surface area contributed by atoms with E-state index in [1.54, 1.807) is 0 Å². The summed E-state index contributed by atoms with van der Waals surface area (Å²) in [6.07, 6.45) is 2.10. The van der Waals surface area contributed by atoms with E-state index < -0.39 is 0 Å². The Morgan fingerprint density at radius 2 is 2.19 bits per heavy atom. The van der Waals surface area contributed by atoms with Crippen LogP contribution in [0, 0.1) is 6.92 Å². The molecule has 0 aromatic heterocycles. The molecule has 0 bridgehead atoms. The fraction of sp³-hybridized carbons (Fsp3) is 0.429. The zero-order valence-electron chi connectivity index (χ0n) is 10.3. The van der Waals surface area contributed by atoms with Crippen molar-refractivity contribution < 1.29 is 0 Å². The van der Waals surface area contributed by atoms with Gasteiger partial charge in [0.2, 0.25) is 0 Å². The predicted molar refractivity (Wildman–Crippen MR) is 72.0 cm³/mol. The van der Waals surface area contributed by atoms with Gasteiger partial charge >= 0.3 is 0 Å². The molecule has 0 saturated heterocycles. The van der Waals surface area contributed by atoms with E-state index in [1.165, 1.54) is 16.7 Å². The van der Waals surface area contributed by atoms with E-state index in [0.717, 1.165) is 17.9 Å². The molecule has 1 atom stereocenters. The van der Waals surface area contributed by atoms with Gasteiger partial charge in [-0.3, -0.25) is 0 Å². The first-order chi connectivity index (χ1) is 7.54. The molecule has 1 nitrogen and oxygen atoms in total. The van der Waals surface area contributed by atoms with Crippen LogP contribution in [-0.2, 0) is 0 Å². The minimum absolute atomic E-state index is 0.357. The van der Waals surface area contributed by atoms with Gasteiger partial charge in [-0.15, -0.1) is 6.58 Å². The fourth-order valence-electron chi connectivity index (χ4n) is 1.83. The molecule has 1 N–H and O–H groups in total. The van der Waals surface area contributed by atoms with Crippen LogP contribution in [0.4, 0.5) is 0 Å². The van der Waals surface area contributed by atoms with Crippen molar-refractivity contribution in [2.45, 2.75) is 32.7 Å². The molecule has 1 aromatic rings. The maximum Gasteiger partial charge on any atom is 0.0409 e. The molecule has 0 aliphatic rings. The van der Waals surface area contributed by atoms with Gasteiger partial charge in [-0.25, -0.2) is 0 Å². The lowest BCUT2D eigenvalue weighted by molar-refractivity contribution is 0.546. The summed E-state index contributed by atoms with van der Waals surface area (Å²) < 4.78 is 0. The van der Waals surface area contributed by atoms with Crippen molar-refractivity contribution in [2.24, 2.45) is 0 Å². The highest BCUT2D eigenvalue weighted by Crippen LogP contribution is 2.25. The molecule has 0 heterocycles. The van der Waals surface area contributed by atoms with Gasteiger partial charge in [-0.2, -0.15) is 0 Å². The average molecular weight is 238 g/mol. The Kier molecular flexibility index (Phi) is 5.04. The number of aryl methyl sites for hydroxylation is 1. The Morgan fingerprint density at radius 3 is 2.75 bits per heavy atom. The molecular weight excluding hydrogens is 218 g/mol. The lowest BCUT2D eigenvalue weighted by Crippen LogP contribution is -2.17. The Labute approximate surface area is 104 Å². The quantitative estimate of drug-likeness (QED) is 0.755. The number of rotatable bonds is 5. The van der Waals surface area contributed by atoms with Crippen LogP contribution < -0.4 is 5.32 Å². The van der Waals surface area contributed by atoms with Crippen LogP contribution in [0.1, 0.15) is 36.9 Å². The van der Waals surface area contributed by atoms with Crippen LogP contribution in [0.25, 0.3) is 0 Å². The standard InChI is InChI=1S/C14H20ClN/c1-10(2)5-8-14(16-4)13-9-12(15)7-6-11(13)3/h6-7,9,14,16H,1,5,8H2,2-4H3. The highest BCUT2D eigenvalue weighted by Gasteiger charge is 2.11. The third-order valence-electron chi connectivity index (χ3n) is 2.82. The van der Waals surface area contributed by atoms with E-state index in [1.807, 2.05) is 13.1 Å². The zero-order chi connectivity index (χ0) is 12.1. The van der Waals surface area contributed by atoms with Crippen LogP contribution in [0.3, 0.4) is 0 Å². The topological polar surface area (TPSA) is 12.0 Å². The summed E-state index contributed by atoms with van der Waals surface area (Å²) in [6, 6.07) is 6.42. The Bertz CT molecular complexity index is 371. The van der Waals surface area contributed by atoms with Crippen LogP contribution >= 0.6 is 11.6 Å². The second-order valence-corrected chi connectivity index (χ2v) is 4.77. The van der Waals surface area contributed by atoms with E-state index in [-0.39, 0.29) is 0 Å². The van der Waals surface area contributed by atoms with Gasteiger partial charge in [0.15, 0.2) is 0 Å². The van der Waals surface area contributed by atoms with Gasteiger partial charge in [-0.05, 0) is 57.0 Å². The molecule has 16 heavy (non-hydrogen) atoms. The summed E-state index contributed by atoms with van der Waals surface area (Å²) >= 11 is 6.04. The summed E-state index contributed by atoms with van der Waals surface area (Å²) in [6.45, 7) is 8.13. The van der Waals surface area contributed by atoms with Crippen molar-refractivity contribution in [3.8, 4) is 0 Å². The molecule has 0 saturated carbocycles. The van der Waals surface area contributed by atoms with Crippen molar-refractivity contribution >= 4 is 11.6 Å². The van der Waals surface area contributed by atoms with E-state index in [4.69, 9.17) is 11.6 Å². The van der Waals surface area contributed by atoms with E-state index >= 15 is 0 Å². The van der Waals surface area contributed by atoms with E-state index in [9.17, 15) is 0 Å². The largest absolute Gasteiger partial charge is 0.313 e. The van der Waals surface area contributed by atoms with Crippen molar-refractivity contribution in [1.82, 2.24) is 5.32 Å². The average Bonchev–Trinajstić information content (AvgIpc) is 2.23. The maximum atomic E-state index is 6.04. The molecular formula is C14H20ClN. The first-order valence-electron chi connectivity index (χ1n) is 5.62. The smallest absolute Gasteiger partial charge is 0.0409 e. The lowest BCUT2D eigenvalue weighted by Gasteiger charge is -2.19. The number of nitrogens with one attached hydrogen (secondary N) is 1. The Hall–Kier alpha value is -0.790. The third-order valence-corrected chi connectivity index (χ3v) is 3.06. The van der Waals surface area contributed by atoms with Crippen LogP contribution in [0.15, 0.2) is 30.4 Å². The molecule has 0 aliphatic carbocycles. The predicted octanol–water partition coefficient (Wildman–Crippen LogP) is 4.27. The van der Waals surface area contributed by atoms with E-state index in [0.29, 0.717) is 6.04 Å². The van der Waals surface area contributed by atoms with Gasteiger partial charge in [0, 0.05) is 11.1 Å². The molecule has 0 fully saturated rings. The van der Waals surface area contributed by atoms with E-state index in [2.05, 4.69) is 37.9 Å². The molecule has 2 heteroatoms. The monoisotopic (exact) mass is 237 g/mol. The highest BCUT2D eigenvalue weighted by molar-refractivity contribution is 6.30. The summed E-state index contributed by atoms with van der Waals surface area (Å²) in [4.78, 5) is 0. The number of hydrogen-bond acceptors (Lipinski definition) is 1. The molecule has 0 aliphatic heterocycles. The van der Waals surface area contributed by atoms with Crippen LogP contribution in [0.5, 0.6) is 0 Å². The zero-order valence-corrected chi connectivity index (χ0v) is 11.1. The van der Waals surface area contributed by atoms with Gasteiger partial charge in [0.1, 0.15) is 0 Å². The summed E-state index contributed by atoms with van der Waals surface area (Å²) in [7, 11) is 1.99. The molecule has 1 rings (SSSR count). The maximum absolute atomic E-state index is 6.04. The summed E-state index contributed by atoms with van der Waals surface area (Å²) in [5.74, 6) is 0. The normalized spacial score (nSPS) is 12.5. The minimum atomic E-state index is 0.357. The molecule has 1 aromatic carbocycles. The number of hydrogen-bond donors (Lipinski definition) is 1. The second kappa shape index (κ2) is 6.07. The summed E-state index contributed by atoms with van der Waals surface area (Å²) in [5.41, 5.74) is 3.79. The highest BCUT2D eigenvalue weighted by atomic mass is 35.5. The molecule has 0 amide bonds. The Balaban J connectivity index is 2.85. The fourth-order valence-corrected chi connectivity index (χ4v) is 2.01. The number of allylic oxidation sites excluding steroid dienone is 1. The van der Waals surface area contributed by atoms with Crippen molar-refractivity contribution in [1.29, 1.82) is 0 Å². The van der Waals surface area contributed by atoms with Crippen molar-refractivity contribution in [3.05, 3.63) is 46.5 Å². The van der Waals surface area contributed by atoms with Gasteiger partial charge < -0.3 is 5.32 Å². The van der Waals surface area contributed by atoms with Crippen molar-refractivity contribution in [2.75, 3.05) is 7.05 Å². The molecule has 0 radical (unpaired) electrons. The number of halogens is 1. The summed E-state index contributed by atoms with van der Waals surface area (Å²) in [5, 5.41) is 4.14. The first-order valence-corrected chi connectivity index (χ1v) is 6.00. The molecule has 1 unspecified atom stereocenters. The minimum Gasteiger partial charge on any atom is -0.313 e. The SMILES string of the molecule is C=C(C)CCC(NC)c1cc(Cl)ccc1C. The van der Waals surface area contributed by atoms with Gasteiger partial charge in [0.25, 0.3) is 0 Å². The Morgan fingerprint density at radius 1 is 1.50 bits per heavy atom. The van der Waals surface area contributed by atoms with Crippen LogP contribution in [0.2, 0.25) is 5.02 Å². The van der Waals surface area contributed by atoms with Gasteiger partial charge in [0.05, 0.1) is 0 Å². The third kappa shape index (κ3) is 3.66. The van der Waals surface area contributed by atoms with Crippen LogP contribution in [-0.4, -0.2) is 7.05 Å². The lowest BCUT2D eigenvalue weighted by atomic mass is 9.96. The van der Waals surface area contributed by atoms with Gasteiger partial charge in [-0.1, -0.05) is 23.2 Å². The second-order valence-electron chi connectivity index (χ2n) is 4.34.